The van der Waals surface area contributed by atoms with Crippen LogP contribution in [0.25, 0.3) is 55.0 Å². The zero-order valence-electron chi connectivity index (χ0n) is 66.6. The minimum Gasteiger partial charge on any atom is -0.435 e. The predicted octanol–water partition coefficient (Wildman–Crippen LogP) is 15.2. The van der Waals surface area contributed by atoms with Gasteiger partial charge in [0.2, 0.25) is 17.6 Å². The normalized spacial score (nSPS) is 13.1. The van der Waals surface area contributed by atoms with E-state index in [1.165, 1.54) is 64.0 Å². The van der Waals surface area contributed by atoms with Crippen molar-refractivity contribution in [3.8, 4) is 46.1 Å². The number of hydrogen-bond acceptors (Lipinski definition) is 22. The Morgan fingerprint density at radius 2 is 0.873 bits per heavy atom. The summed E-state index contributed by atoms with van der Waals surface area (Å²) in [6.45, 7) is 19.5. The van der Waals surface area contributed by atoms with Crippen LogP contribution < -0.4 is 40.0 Å². The lowest BCUT2D eigenvalue weighted by Crippen LogP contribution is -2.46. The maximum Gasteiger partial charge on any atom is 0.262 e. The van der Waals surface area contributed by atoms with Crippen molar-refractivity contribution >= 4 is 107 Å². The first-order valence-corrected chi connectivity index (χ1v) is 38.1. The summed E-state index contributed by atoms with van der Waals surface area (Å²) >= 11 is 0. The van der Waals surface area contributed by atoms with Crippen LogP contribution in [-0.2, 0) is 0 Å². The zero-order valence-corrected chi connectivity index (χ0v) is 66.6. The van der Waals surface area contributed by atoms with Gasteiger partial charge in [0.1, 0.15) is 47.3 Å². The molecule has 608 valence electrons. The molecule has 29 nitrogen and oxygen atoms in total. The Balaban J connectivity index is 0.000000145. The molecule has 2 fully saturated rings. The molecule has 10 heterocycles. The van der Waals surface area contributed by atoms with E-state index in [9.17, 15) is 14.4 Å². The van der Waals surface area contributed by atoms with E-state index in [1.54, 1.807) is 107 Å². The van der Waals surface area contributed by atoms with Crippen LogP contribution in [0.2, 0.25) is 0 Å². The second-order valence-electron chi connectivity index (χ2n) is 28.6. The van der Waals surface area contributed by atoms with E-state index in [2.05, 4.69) is 97.7 Å². The monoisotopic (exact) mass is 1610 g/mol. The van der Waals surface area contributed by atoms with E-state index >= 15 is 22.0 Å². The maximum atomic E-state index is 15.3. The fraction of sp³-hybridized carbons (Fsp3) is 0.262. The number of ether oxygens (including phenoxy) is 3. The van der Waals surface area contributed by atoms with Gasteiger partial charge in [-0.3, -0.25) is 29.5 Å². The van der Waals surface area contributed by atoms with Crippen LogP contribution in [0.1, 0.15) is 68.9 Å². The molecule has 0 unspecified atom stereocenters. The number of anilines is 8. The SMILES string of the molecule is CCN(C)C(=O)c1c(Nc2ccc(N3CCN(C)CC3)c(F)c2)ncnc1Oc1ccc2[nH]c(C)cc2c1F.CCN1CCN(c2ccc(Nc3ncnc(Oc4ccc5[nH]c(C)cc5c4F)c3C(=O)N(C)CC)cc2F)CC1.Cc1cc2c(F)c(Oc3ncnc(Nc4cc(-c5ccc6nccnc6c5)[nH]n4)c3C(=O)N(C)C)ccc2[nH]1. The van der Waals surface area contributed by atoms with Crippen LogP contribution in [0.15, 0.2) is 147 Å². The van der Waals surface area contributed by atoms with Gasteiger partial charge in [-0.15, -0.1) is 0 Å². The Morgan fingerprint density at radius 3 is 1.29 bits per heavy atom. The number of aromatic amines is 4. The van der Waals surface area contributed by atoms with Crippen LogP contribution in [-0.4, -0.2) is 214 Å². The number of nitrogens with zero attached hydrogens (tertiary/aromatic N) is 16. The highest BCUT2D eigenvalue weighted by Gasteiger charge is 2.31. The van der Waals surface area contributed by atoms with Gasteiger partial charge in [0.05, 0.1) is 28.1 Å². The van der Waals surface area contributed by atoms with Crippen molar-refractivity contribution < 1.29 is 50.5 Å². The number of halogens is 5. The van der Waals surface area contributed by atoms with Gasteiger partial charge >= 0.3 is 0 Å². The smallest absolute Gasteiger partial charge is 0.262 e. The molecular formula is C84H86F5N23O6. The number of benzene rings is 6. The summed E-state index contributed by atoms with van der Waals surface area (Å²) in [4.78, 5) is 96.0. The Bertz CT molecular complexity index is 6060. The number of piperazine rings is 2. The number of fused-ring (bicyclic) bond motifs is 4. The van der Waals surface area contributed by atoms with Gasteiger partial charge in [-0.25, -0.2) is 51.9 Å². The molecule has 0 aliphatic carbocycles. The Hall–Kier alpha value is -13.9. The third kappa shape index (κ3) is 17.5. The average molecular weight is 1610 g/mol. The van der Waals surface area contributed by atoms with Gasteiger partial charge in [-0.1, -0.05) is 13.0 Å². The summed E-state index contributed by atoms with van der Waals surface area (Å²) in [5.74, 6) is -3.52. The summed E-state index contributed by atoms with van der Waals surface area (Å²) in [6.07, 6.45) is 6.94. The number of H-pyrrole nitrogens is 4. The molecule has 8 aromatic heterocycles. The topological polar surface area (TPSA) is 317 Å². The van der Waals surface area contributed by atoms with E-state index < -0.39 is 35.2 Å². The highest BCUT2D eigenvalue weighted by molar-refractivity contribution is 6.03. The van der Waals surface area contributed by atoms with Crippen LogP contribution >= 0.6 is 0 Å². The van der Waals surface area contributed by atoms with Crippen molar-refractivity contribution in [2.45, 2.75) is 41.5 Å². The highest BCUT2D eigenvalue weighted by Crippen LogP contribution is 2.40. The lowest BCUT2D eigenvalue weighted by atomic mass is 10.1. The second kappa shape index (κ2) is 35.1. The van der Waals surface area contributed by atoms with Crippen molar-refractivity contribution in [1.29, 1.82) is 0 Å². The number of carbonyl (C=O) groups excluding carboxylic acids is 3. The minimum absolute atomic E-state index is 0.00940. The Morgan fingerprint density at radius 1 is 0.458 bits per heavy atom. The van der Waals surface area contributed by atoms with Crippen LogP contribution in [0.4, 0.5) is 68.0 Å². The van der Waals surface area contributed by atoms with Gasteiger partial charge in [0, 0.05) is 179 Å². The van der Waals surface area contributed by atoms with E-state index in [-0.39, 0.29) is 80.7 Å². The standard InChI is InChI=1S/C29H33F2N7O2.C28H31F2N7O2.C27H22FN9O2/c1-5-36(4)29(39)25-27(35-19-7-9-23(21(30)16-19)38-13-11-37(6-2)12-14-38)32-17-33-28(25)40-24-10-8-22-20(26(24)31)15-18(3)34-22;1-5-36(4)28(38)24-26(34-18-6-8-22(20(29)15-18)37-12-10-35(3)11-13-37)31-16-32-27(24)39-23-9-7-21-19(25(23)30)14-17(2)33-21;1-14-10-16-17(33-14)6-7-21(24(16)28)39-26-23(27(38)37(2)3)25(31-13-32-26)34-22-12-19(35-36-22)15-4-5-18-20(11-15)30-9-8-29-18/h7-10,15-17,34H,5-6,11-14H2,1-4H3,(H,32,33,35);6-9,14-16,33H,5,10-13H2,1-4H3,(H,31,32,34);4-13,33H,1-3H3,(H2,31,32,34,35,36). The van der Waals surface area contributed by atoms with E-state index in [4.69, 9.17) is 14.2 Å². The molecule has 0 saturated carbocycles. The lowest BCUT2D eigenvalue weighted by molar-refractivity contribution is 0.0791. The molecule has 2 saturated heterocycles. The van der Waals surface area contributed by atoms with Crippen molar-refractivity contribution in [2.75, 3.05) is 133 Å². The summed E-state index contributed by atoms with van der Waals surface area (Å²) < 4.78 is 93.8. The molecule has 3 amide bonds. The number of amides is 3. The van der Waals surface area contributed by atoms with E-state index in [0.29, 0.717) is 80.1 Å². The van der Waals surface area contributed by atoms with Crippen molar-refractivity contribution in [1.82, 2.24) is 89.5 Å². The summed E-state index contributed by atoms with van der Waals surface area (Å²) in [5, 5.41) is 17.6. The number of likely N-dealkylation sites (N-methyl/N-ethyl adjacent to an activating group) is 2. The van der Waals surface area contributed by atoms with Gasteiger partial charge in [0.25, 0.3) is 17.7 Å². The summed E-state index contributed by atoms with van der Waals surface area (Å²) in [5.41, 5.74) is 9.32. The quantitative estimate of drug-likeness (QED) is 0.0329. The first-order valence-electron chi connectivity index (χ1n) is 38.1. The third-order valence-electron chi connectivity index (χ3n) is 20.3. The van der Waals surface area contributed by atoms with Gasteiger partial charge in [0.15, 0.2) is 58.0 Å². The number of aryl methyl sites for hydroxylation is 3. The van der Waals surface area contributed by atoms with Crippen molar-refractivity contribution in [2.24, 2.45) is 0 Å². The van der Waals surface area contributed by atoms with Crippen LogP contribution in [0.5, 0.6) is 34.9 Å². The summed E-state index contributed by atoms with van der Waals surface area (Å²) in [6, 6.07) is 31.7. The number of nitrogens with one attached hydrogen (secondary N) is 7. The van der Waals surface area contributed by atoms with Gasteiger partial charge < -0.3 is 79.4 Å². The molecule has 0 atom stereocenters. The van der Waals surface area contributed by atoms with Crippen LogP contribution in [0, 0.1) is 49.9 Å². The largest absolute Gasteiger partial charge is 0.435 e. The molecular weight excluding hydrogens is 1520 g/mol. The Labute approximate surface area is 674 Å². The maximum absolute atomic E-state index is 15.3. The van der Waals surface area contributed by atoms with Crippen molar-refractivity contribution in [3.63, 3.8) is 0 Å². The number of aromatic nitrogens is 13. The van der Waals surface area contributed by atoms with Crippen molar-refractivity contribution in [3.05, 3.63) is 209 Å². The fourth-order valence-corrected chi connectivity index (χ4v) is 13.6. The Kier molecular flexibility index (Phi) is 24.0. The number of hydrogen-bond donors (Lipinski definition) is 7. The number of rotatable bonds is 21. The molecule has 7 N–H and O–H groups in total. The highest BCUT2D eigenvalue weighted by atomic mass is 19.1. The molecule has 34 heteroatoms. The summed E-state index contributed by atoms with van der Waals surface area (Å²) in [7, 11) is 8.48. The molecule has 0 radical (unpaired) electrons. The first-order chi connectivity index (χ1) is 56.9. The molecule has 0 bridgehead atoms. The van der Waals surface area contributed by atoms with Crippen LogP contribution in [0.3, 0.4) is 0 Å². The zero-order chi connectivity index (χ0) is 83.2. The molecule has 6 aromatic carbocycles. The molecule has 2 aliphatic rings. The molecule has 0 spiro atoms. The average Bonchev–Trinajstić information content (AvgIpc) is 1.49. The number of carbonyl (C=O) groups is 3. The fourth-order valence-electron chi connectivity index (χ4n) is 13.6. The second-order valence-corrected chi connectivity index (χ2v) is 28.6. The minimum atomic E-state index is -0.575. The molecule has 118 heavy (non-hydrogen) atoms. The third-order valence-corrected chi connectivity index (χ3v) is 20.3. The molecule has 16 rings (SSSR count). The predicted molar refractivity (Wildman–Crippen MR) is 442 cm³/mol. The first kappa shape index (κ1) is 80.7. The lowest BCUT2D eigenvalue weighted by Gasteiger charge is -2.35. The van der Waals surface area contributed by atoms with Gasteiger partial charge in [-0.05, 0) is 151 Å². The van der Waals surface area contributed by atoms with E-state index in [1.807, 2.05) is 69.7 Å². The van der Waals surface area contributed by atoms with Gasteiger partial charge in [-0.2, -0.15) is 5.10 Å². The molecule has 2 aliphatic heterocycles. The molecule has 14 aromatic rings. The van der Waals surface area contributed by atoms with E-state index in [0.717, 1.165) is 92.6 Å².